The third-order valence-electron chi connectivity index (χ3n) is 3.96. The highest BCUT2D eigenvalue weighted by molar-refractivity contribution is 5.77. The Labute approximate surface area is 128 Å². The molecule has 0 fully saturated rings. The summed E-state index contributed by atoms with van der Waals surface area (Å²) in [5.41, 5.74) is 9.42. The van der Waals surface area contributed by atoms with Crippen molar-refractivity contribution in [1.29, 1.82) is 0 Å². The molecule has 2 aromatic heterocycles. The molecule has 0 radical (unpaired) electrons. The Hall–Kier alpha value is -2.89. The van der Waals surface area contributed by atoms with Gasteiger partial charge in [0, 0.05) is 24.6 Å². The highest BCUT2D eigenvalue weighted by Gasteiger charge is 2.22. The van der Waals surface area contributed by atoms with E-state index in [2.05, 4.69) is 38.1 Å². The van der Waals surface area contributed by atoms with E-state index in [1.165, 1.54) is 11.3 Å². The Morgan fingerprint density at radius 3 is 2.82 bits per heavy atom. The van der Waals surface area contributed by atoms with Crippen LogP contribution in [0.4, 0.5) is 17.2 Å². The Bertz CT molecular complexity index is 796. The summed E-state index contributed by atoms with van der Waals surface area (Å²) in [4.78, 5) is 14.9. The van der Waals surface area contributed by atoms with Crippen LogP contribution in [0.2, 0.25) is 0 Å². The third kappa shape index (κ3) is 2.00. The van der Waals surface area contributed by atoms with Crippen LogP contribution in [-0.2, 0) is 6.42 Å². The summed E-state index contributed by atoms with van der Waals surface area (Å²) in [6, 6.07) is 8.40. The van der Waals surface area contributed by atoms with Gasteiger partial charge in [-0.05, 0) is 24.5 Å². The number of fused-ring (bicyclic) bond motifs is 1. The molecule has 0 spiro atoms. The smallest absolute Gasteiger partial charge is 0.166 e. The third-order valence-corrected chi connectivity index (χ3v) is 3.96. The van der Waals surface area contributed by atoms with Crippen LogP contribution in [0.1, 0.15) is 12.0 Å². The first kappa shape index (κ1) is 12.8. The zero-order valence-corrected chi connectivity index (χ0v) is 12.1. The van der Waals surface area contributed by atoms with E-state index in [1.807, 2.05) is 12.3 Å². The van der Waals surface area contributed by atoms with Crippen LogP contribution in [0, 0.1) is 0 Å². The number of rotatable bonds is 2. The molecule has 0 saturated carbocycles. The molecule has 0 aliphatic carbocycles. The Morgan fingerprint density at radius 1 is 1.09 bits per heavy atom. The maximum absolute atomic E-state index is 6.35. The lowest BCUT2D eigenvalue weighted by molar-refractivity contribution is 0.758. The molecule has 1 aliphatic rings. The quantitative estimate of drug-likeness (QED) is 0.784. The fourth-order valence-corrected chi connectivity index (χ4v) is 2.94. The fourth-order valence-electron chi connectivity index (χ4n) is 2.94. The van der Waals surface area contributed by atoms with Crippen LogP contribution < -0.4 is 10.6 Å². The normalized spacial score (nSPS) is 13.9. The van der Waals surface area contributed by atoms with Crippen molar-refractivity contribution in [2.24, 2.45) is 0 Å². The molecular formula is C16H16N6. The van der Waals surface area contributed by atoms with E-state index in [0.29, 0.717) is 11.5 Å². The molecule has 3 heterocycles. The number of para-hydroxylation sites is 1. The zero-order chi connectivity index (χ0) is 14.9. The average molecular weight is 292 g/mol. The van der Waals surface area contributed by atoms with Gasteiger partial charge in [-0.3, -0.25) is 4.57 Å². The Morgan fingerprint density at radius 2 is 1.95 bits per heavy atom. The van der Waals surface area contributed by atoms with Gasteiger partial charge in [0.2, 0.25) is 0 Å². The molecule has 6 nitrogen and oxygen atoms in total. The van der Waals surface area contributed by atoms with Gasteiger partial charge in [-0.25, -0.2) is 15.0 Å². The van der Waals surface area contributed by atoms with Gasteiger partial charge >= 0.3 is 0 Å². The van der Waals surface area contributed by atoms with E-state index in [4.69, 9.17) is 5.73 Å². The molecule has 0 bridgehead atoms. The summed E-state index contributed by atoms with van der Waals surface area (Å²) in [6.07, 6.45) is 8.95. The van der Waals surface area contributed by atoms with E-state index in [9.17, 15) is 0 Å². The first-order valence-electron chi connectivity index (χ1n) is 7.29. The molecule has 1 aliphatic heterocycles. The Balaban J connectivity index is 1.83. The second-order valence-corrected chi connectivity index (χ2v) is 5.29. The van der Waals surface area contributed by atoms with Crippen molar-refractivity contribution >= 4 is 17.2 Å². The van der Waals surface area contributed by atoms with E-state index in [1.54, 1.807) is 23.4 Å². The topological polar surface area (TPSA) is 72.9 Å². The molecule has 110 valence electrons. The molecule has 2 N–H and O–H groups in total. The van der Waals surface area contributed by atoms with Gasteiger partial charge in [-0.2, -0.15) is 0 Å². The fraction of sp³-hybridized carbons (Fsp3) is 0.188. The van der Waals surface area contributed by atoms with Crippen molar-refractivity contribution in [1.82, 2.24) is 19.5 Å². The van der Waals surface area contributed by atoms with Gasteiger partial charge in [0.15, 0.2) is 11.6 Å². The minimum absolute atomic E-state index is 0.567. The number of hydrogen-bond acceptors (Lipinski definition) is 5. The largest absolute Gasteiger partial charge is 0.393 e. The number of anilines is 3. The molecule has 6 heteroatoms. The number of nitrogens with two attached hydrogens (primary N) is 1. The maximum atomic E-state index is 6.35. The molecular weight excluding hydrogens is 276 g/mol. The van der Waals surface area contributed by atoms with Crippen molar-refractivity contribution in [2.45, 2.75) is 12.8 Å². The number of benzene rings is 1. The van der Waals surface area contributed by atoms with E-state index < -0.39 is 0 Å². The summed E-state index contributed by atoms with van der Waals surface area (Å²) in [6.45, 7) is 0.904. The average Bonchev–Trinajstić information content (AvgIpc) is 3.09. The molecule has 0 atom stereocenters. The minimum atomic E-state index is 0.567. The zero-order valence-electron chi connectivity index (χ0n) is 12.1. The number of nitrogen functional groups attached to an aromatic ring is 1. The molecule has 22 heavy (non-hydrogen) atoms. The van der Waals surface area contributed by atoms with E-state index >= 15 is 0 Å². The lowest BCUT2D eigenvalue weighted by atomic mass is 10.0. The predicted molar refractivity (Wildman–Crippen MR) is 85.3 cm³/mol. The summed E-state index contributed by atoms with van der Waals surface area (Å²) < 4.78 is 1.80. The van der Waals surface area contributed by atoms with Crippen molar-refractivity contribution in [3.05, 3.63) is 54.9 Å². The summed E-state index contributed by atoms with van der Waals surface area (Å²) in [7, 11) is 0. The van der Waals surface area contributed by atoms with Gasteiger partial charge in [-0.1, -0.05) is 18.2 Å². The van der Waals surface area contributed by atoms with Gasteiger partial charge in [0.05, 0.1) is 0 Å². The Kier molecular flexibility index (Phi) is 3.00. The first-order chi connectivity index (χ1) is 10.8. The summed E-state index contributed by atoms with van der Waals surface area (Å²) in [5.74, 6) is 1.41. The number of nitrogens with zero attached hydrogens (tertiary/aromatic N) is 5. The minimum Gasteiger partial charge on any atom is -0.393 e. The van der Waals surface area contributed by atoms with Gasteiger partial charge in [0.25, 0.3) is 0 Å². The molecule has 0 unspecified atom stereocenters. The van der Waals surface area contributed by atoms with E-state index in [-0.39, 0.29) is 0 Å². The van der Waals surface area contributed by atoms with Crippen LogP contribution in [0.3, 0.4) is 0 Å². The summed E-state index contributed by atoms with van der Waals surface area (Å²) in [5, 5.41) is 0. The lowest BCUT2D eigenvalue weighted by Crippen LogP contribution is -2.26. The molecule has 3 aromatic rings. The van der Waals surface area contributed by atoms with Crippen LogP contribution in [-0.4, -0.2) is 26.1 Å². The first-order valence-corrected chi connectivity index (χ1v) is 7.29. The van der Waals surface area contributed by atoms with Gasteiger partial charge in [0.1, 0.15) is 18.3 Å². The van der Waals surface area contributed by atoms with Crippen LogP contribution >= 0.6 is 0 Å². The van der Waals surface area contributed by atoms with Gasteiger partial charge < -0.3 is 10.6 Å². The van der Waals surface area contributed by atoms with Crippen LogP contribution in [0.15, 0.2) is 49.3 Å². The maximum Gasteiger partial charge on any atom is 0.166 e. The van der Waals surface area contributed by atoms with Crippen molar-refractivity contribution in [2.75, 3.05) is 17.2 Å². The number of imidazole rings is 1. The van der Waals surface area contributed by atoms with Crippen LogP contribution in [0.5, 0.6) is 0 Å². The van der Waals surface area contributed by atoms with Gasteiger partial charge in [-0.15, -0.1) is 0 Å². The summed E-state index contributed by atoms with van der Waals surface area (Å²) >= 11 is 0. The number of hydrogen-bond donors (Lipinski definition) is 1. The number of aromatic nitrogens is 4. The molecule has 0 amide bonds. The number of aryl methyl sites for hydroxylation is 1. The van der Waals surface area contributed by atoms with Crippen molar-refractivity contribution < 1.29 is 0 Å². The predicted octanol–water partition coefficient (Wildman–Crippen LogP) is 2.33. The molecule has 4 rings (SSSR count). The molecule has 0 saturated heterocycles. The SMILES string of the molecule is Nc1c(N2CCCc3ccccc32)ncnc1-n1ccnc1. The monoisotopic (exact) mass is 292 g/mol. The molecule has 1 aromatic carbocycles. The second-order valence-electron chi connectivity index (χ2n) is 5.29. The highest BCUT2D eigenvalue weighted by atomic mass is 15.2. The lowest BCUT2D eigenvalue weighted by Gasteiger charge is -2.31. The second kappa shape index (κ2) is 5.14. The van der Waals surface area contributed by atoms with Crippen molar-refractivity contribution in [3.8, 4) is 5.82 Å². The standard InChI is InChI=1S/C16H16N6/c17-14-15(21-9-7-18-11-21)19-10-20-16(14)22-8-3-5-12-4-1-2-6-13(12)22/h1-2,4,6-7,9-11H,3,5,8,17H2. The van der Waals surface area contributed by atoms with Crippen LogP contribution in [0.25, 0.3) is 5.82 Å². The highest BCUT2D eigenvalue weighted by Crippen LogP contribution is 2.36. The van der Waals surface area contributed by atoms with Crippen molar-refractivity contribution in [3.63, 3.8) is 0 Å². The van der Waals surface area contributed by atoms with E-state index in [0.717, 1.165) is 25.2 Å².